The molecule has 0 aliphatic heterocycles. The van der Waals surface area contributed by atoms with Crippen LogP contribution in [0.4, 0.5) is 0 Å². The molecule has 1 nitrogen and oxygen atoms in total. The van der Waals surface area contributed by atoms with Crippen molar-refractivity contribution in [2.75, 3.05) is 6.61 Å². The van der Waals surface area contributed by atoms with Crippen molar-refractivity contribution in [3.05, 3.63) is 37.1 Å². The minimum absolute atomic E-state index is 0.628. The number of hydrogen-bond donors (Lipinski definition) is 0. The van der Waals surface area contributed by atoms with Crippen LogP contribution in [0.1, 0.15) is 19.8 Å². The number of rotatable bonds is 6. The molecule has 0 aromatic heterocycles. The molecule has 0 aliphatic carbocycles. The van der Waals surface area contributed by atoms with Gasteiger partial charge in [0.05, 0.1) is 6.26 Å². The van der Waals surface area contributed by atoms with Crippen LogP contribution in [0.5, 0.6) is 0 Å². The molecule has 0 aliphatic rings. The second-order valence-corrected chi connectivity index (χ2v) is 2.09. The Morgan fingerprint density at radius 2 is 1.91 bits per heavy atom. The molecule has 0 heterocycles. The van der Waals surface area contributed by atoms with Gasteiger partial charge in [0.15, 0.2) is 0 Å². The monoisotopic (exact) mass is 152 g/mol. The van der Waals surface area contributed by atoms with E-state index in [0.717, 1.165) is 12.8 Å². The zero-order valence-electron chi connectivity index (χ0n) is 7.12. The second kappa shape index (κ2) is 9.02. The molecule has 62 valence electrons. The van der Waals surface area contributed by atoms with Crippen molar-refractivity contribution in [2.45, 2.75) is 19.8 Å². The van der Waals surface area contributed by atoms with E-state index in [1.54, 1.807) is 0 Å². The van der Waals surface area contributed by atoms with Crippen LogP contribution in [0.3, 0.4) is 0 Å². The Labute approximate surface area is 69.1 Å². The van der Waals surface area contributed by atoms with Gasteiger partial charge < -0.3 is 4.74 Å². The van der Waals surface area contributed by atoms with Gasteiger partial charge in [0, 0.05) is 0 Å². The first kappa shape index (κ1) is 10.0. The van der Waals surface area contributed by atoms with Crippen LogP contribution < -0.4 is 0 Å². The zero-order chi connectivity index (χ0) is 8.36. The van der Waals surface area contributed by atoms with E-state index in [9.17, 15) is 0 Å². The summed E-state index contributed by atoms with van der Waals surface area (Å²) in [7, 11) is 0. The largest absolute Gasteiger partial charge is 0.498 e. The molecule has 0 saturated heterocycles. The topological polar surface area (TPSA) is 9.23 Å². The van der Waals surface area contributed by atoms with E-state index in [0.29, 0.717) is 6.61 Å². The summed E-state index contributed by atoms with van der Waals surface area (Å²) >= 11 is 0. The fourth-order valence-corrected chi connectivity index (χ4v) is 0.629. The van der Waals surface area contributed by atoms with E-state index >= 15 is 0 Å². The Morgan fingerprint density at radius 1 is 1.18 bits per heavy atom. The average molecular weight is 152 g/mol. The maximum absolute atomic E-state index is 4.89. The molecule has 0 aromatic rings. The molecular weight excluding hydrogens is 136 g/mol. The van der Waals surface area contributed by atoms with Crippen molar-refractivity contribution in [2.24, 2.45) is 0 Å². The first-order valence-electron chi connectivity index (χ1n) is 3.94. The SMILES string of the molecule is C=COCC=CCC=CCC. The minimum Gasteiger partial charge on any atom is -0.498 e. The summed E-state index contributed by atoms with van der Waals surface area (Å²) < 4.78 is 4.89. The van der Waals surface area contributed by atoms with E-state index < -0.39 is 0 Å². The summed E-state index contributed by atoms with van der Waals surface area (Å²) in [5.74, 6) is 0. The third-order valence-electron chi connectivity index (χ3n) is 1.15. The zero-order valence-corrected chi connectivity index (χ0v) is 7.12. The summed E-state index contributed by atoms with van der Waals surface area (Å²) in [6, 6.07) is 0. The van der Waals surface area contributed by atoms with Crippen molar-refractivity contribution in [3.63, 3.8) is 0 Å². The van der Waals surface area contributed by atoms with E-state index in [2.05, 4.69) is 31.7 Å². The Kier molecular flexibility index (Phi) is 8.22. The lowest BCUT2D eigenvalue weighted by atomic mass is 10.3. The summed E-state index contributed by atoms with van der Waals surface area (Å²) in [6.07, 6.45) is 11.9. The van der Waals surface area contributed by atoms with Gasteiger partial charge in [0.25, 0.3) is 0 Å². The van der Waals surface area contributed by atoms with Gasteiger partial charge in [-0.2, -0.15) is 0 Å². The van der Waals surface area contributed by atoms with Gasteiger partial charge in [0.1, 0.15) is 6.61 Å². The quantitative estimate of drug-likeness (QED) is 0.323. The van der Waals surface area contributed by atoms with Gasteiger partial charge in [0.2, 0.25) is 0 Å². The van der Waals surface area contributed by atoms with Gasteiger partial charge in [-0.15, -0.1) is 0 Å². The lowest BCUT2D eigenvalue weighted by Crippen LogP contribution is -1.77. The average Bonchev–Trinajstić information content (AvgIpc) is 2.03. The molecule has 0 radical (unpaired) electrons. The smallest absolute Gasteiger partial charge is 0.105 e. The maximum atomic E-state index is 4.89. The number of allylic oxidation sites excluding steroid dienone is 3. The number of hydrogen-bond acceptors (Lipinski definition) is 1. The summed E-state index contributed by atoms with van der Waals surface area (Å²) in [5, 5.41) is 0. The highest BCUT2D eigenvalue weighted by Crippen LogP contribution is 1.88. The van der Waals surface area contributed by atoms with Crippen LogP contribution in [0.15, 0.2) is 37.1 Å². The molecule has 0 N–H and O–H groups in total. The highest BCUT2D eigenvalue weighted by Gasteiger charge is 1.72. The highest BCUT2D eigenvalue weighted by atomic mass is 16.5. The van der Waals surface area contributed by atoms with Gasteiger partial charge in [-0.05, 0) is 12.8 Å². The Morgan fingerprint density at radius 3 is 2.55 bits per heavy atom. The molecule has 0 aromatic carbocycles. The van der Waals surface area contributed by atoms with Gasteiger partial charge >= 0.3 is 0 Å². The van der Waals surface area contributed by atoms with Crippen molar-refractivity contribution in [3.8, 4) is 0 Å². The minimum atomic E-state index is 0.628. The fraction of sp³-hybridized carbons (Fsp3) is 0.400. The van der Waals surface area contributed by atoms with E-state index in [1.165, 1.54) is 6.26 Å². The maximum Gasteiger partial charge on any atom is 0.105 e. The molecule has 0 bridgehead atoms. The first-order valence-corrected chi connectivity index (χ1v) is 3.94. The molecule has 1 heteroatoms. The third kappa shape index (κ3) is 9.02. The van der Waals surface area contributed by atoms with Gasteiger partial charge in [-0.1, -0.05) is 37.8 Å². The summed E-state index contributed by atoms with van der Waals surface area (Å²) in [4.78, 5) is 0. The highest BCUT2D eigenvalue weighted by molar-refractivity contribution is 4.92. The third-order valence-corrected chi connectivity index (χ3v) is 1.15. The van der Waals surface area contributed by atoms with Crippen LogP contribution in [-0.2, 0) is 4.74 Å². The number of ether oxygens (including phenoxy) is 1. The molecule has 0 unspecified atom stereocenters. The standard InChI is InChI=1S/C10H16O/c1-3-5-6-7-8-9-10-11-4-2/h4-6,8-9H,2-3,7,10H2,1H3. The predicted molar refractivity (Wildman–Crippen MR) is 49.3 cm³/mol. The van der Waals surface area contributed by atoms with E-state index in [4.69, 9.17) is 4.74 Å². The van der Waals surface area contributed by atoms with Crippen LogP contribution in [0, 0.1) is 0 Å². The molecule has 0 saturated carbocycles. The van der Waals surface area contributed by atoms with Crippen LogP contribution in [-0.4, -0.2) is 6.61 Å². The molecule has 11 heavy (non-hydrogen) atoms. The Balaban J connectivity index is 3.15. The molecule has 0 spiro atoms. The van der Waals surface area contributed by atoms with Gasteiger partial charge in [-0.3, -0.25) is 0 Å². The Bertz CT molecular complexity index is 134. The van der Waals surface area contributed by atoms with Crippen LogP contribution >= 0.6 is 0 Å². The first-order chi connectivity index (χ1) is 5.41. The van der Waals surface area contributed by atoms with Crippen molar-refractivity contribution < 1.29 is 4.74 Å². The lowest BCUT2D eigenvalue weighted by Gasteiger charge is -1.89. The molecule has 0 rings (SSSR count). The molecule has 0 atom stereocenters. The second-order valence-electron chi connectivity index (χ2n) is 2.09. The van der Waals surface area contributed by atoms with Crippen molar-refractivity contribution in [1.29, 1.82) is 0 Å². The normalized spacial score (nSPS) is 11.0. The predicted octanol–water partition coefficient (Wildman–Crippen LogP) is 3.06. The van der Waals surface area contributed by atoms with Crippen LogP contribution in [0.25, 0.3) is 0 Å². The van der Waals surface area contributed by atoms with E-state index in [-0.39, 0.29) is 0 Å². The van der Waals surface area contributed by atoms with Gasteiger partial charge in [-0.25, -0.2) is 0 Å². The van der Waals surface area contributed by atoms with Crippen molar-refractivity contribution >= 4 is 0 Å². The van der Waals surface area contributed by atoms with E-state index in [1.807, 2.05) is 6.08 Å². The summed E-state index contributed by atoms with van der Waals surface area (Å²) in [6.45, 7) is 6.19. The van der Waals surface area contributed by atoms with Crippen molar-refractivity contribution in [1.82, 2.24) is 0 Å². The lowest BCUT2D eigenvalue weighted by molar-refractivity contribution is 0.291. The molecule has 0 amide bonds. The molecule has 0 fully saturated rings. The Hall–Kier alpha value is -0.980. The summed E-state index contributed by atoms with van der Waals surface area (Å²) in [5.41, 5.74) is 0. The molecular formula is C10H16O. The fourth-order valence-electron chi connectivity index (χ4n) is 0.629. The van der Waals surface area contributed by atoms with Crippen LogP contribution in [0.2, 0.25) is 0 Å².